The van der Waals surface area contributed by atoms with E-state index >= 15 is 0 Å². The second-order valence-electron chi connectivity index (χ2n) is 9.22. The Labute approximate surface area is 191 Å². The number of fused-ring (bicyclic) bond motifs is 1. The van der Waals surface area contributed by atoms with Crippen molar-refractivity contribution in [1.29, 1.82) is 0 Å². The van der Waals surface area contributed by atoms with E-state index in [0.29, 0.717) is 24.9 Å². The van der Waals surface area contributed by atoms with Crippen molar-refractivity contribution in [2.45, 2.75) is 44.3 Å². The lowest BCUT2D eigenvalue weighted by Gasteiger charge is -2.21. The summed E-state index contributed by atoms with van der Waals surface area (Å²) in [5, 5.41) is 3.13. The van der Waals surface area contributed by atoms with Crippen molar-refractivity contribution in [3.8, 4) is 0 Å². The van der Waals surface area contributed by atoms with Crippen molar-refractivity contribution in [2.24, 2.45) is 11.8 Å². The third-order valence-electron chi connectivity index (χ3n) is 6.57. The van der Waals surface area contributed by atoms with Gasteiger partial charge < -0.3 is 5.32 Å². The molecule has 2 aliphatic carbocycles. The number of rotatable bonds is 9. The monoisotopic (exact) mass is 484 g/mol. The van der Waals surface area contributed by atoms with Gasteiger partial charge in [0.1, 0.15) is 5.82 Å². The van der Waals surface area contributed by atoms with E-state index in [1.54, 1.807) is 12.1 Å². The number of benzene rings is 2. The van der Waals surface area contributed by atoms with Crippen LogP contribution >= 0.6 is 0 Å². The summed E-state index contributed by atoms with van der Waals surface area (Å²) in [6.45, 7) is 0.504. The summed E-state index contributed by atoms with van der Waals surface area (Å²) in [6, 6.07) is 8.46. The predicted molar refractivity (Wildman–Crippen MR) is 119 cm³/mol. The van der Waals surface area contributed by atoms with Crippen molar-refractivity contribution in [2.75, 3.05) is 19.3 Å². The second-order valence-corrected chi connectivity index (χ2v) is 11.1. The van der Waals surface area contributed by atoms with Gasteiger partial charge in [0.05, 0.1) is 11.3 Å². The Bertz CT molecular complexity index is 1110. The van der Waals surface area contributed by atoms with Crippen LogP contribution in [-0.2, 0) is 35.6 Å². The number of halogens is 4. The molecule has 0 bridgehead atoms. The molecule has 2 aromatic rings. The number of hydrogen-bond acceptors (Lipinski definition) is 3. The van der Waals surface area contributed by atoms with Gasteiger partial charge in [0.2, 0.25) is 10.0 Å². The summed E-state index contributed by atoms with van der Waals surface area (Å²) < 4.78 is 81.2. The average Bonchev–Trinajstić information content (AvgIpc) is 3.48. The highest BCUT2D eigenvalue weighted by Crippen LogP contribution is 2.42. The Hall–Kier alpha value is -1.97. The summed E-state index contributed by atoms with van der Waals surface area (Å²) >= 11 is 0. The predicted octanol–water partition coefficient (Wildman–Crippen LogP) is 4.39. The van der Waals surface area contributed by atoms with E-state index in [-0.39, 0.29) is 35.6 Å². The first-order valence-electron chi connectivity index (χ1n) is 11.1. The van der Waals surface area contributed by atoms with Gasteiger partial charge in [-0.15, -0.1) is 0 Å². The third-order valence-corrected chi connectivity index (χ3v) is 8.06. The molecule has 9 heteroatoms. The first-order chi connectivity index (χ1) is 15.6. The maximum absolute atomic E-state index is 14.8. The highest BCUT2D eigenvalue weighted by Gasteiger charge is 2.35. The van der Waals surface area contributed by atoms with Crippen LogP contribution < -0.4 is 10.0 Å². The van der Waals surface area contributed by atoms with Crippen LogP contribution in [0.1, 0.15) is 46.6 Å². The highest BCUT2D eigenvalue weighted by atomic mass is 32.2. The molecule has 1 saturated carbocycles. The fourth-order valence-corrected chi connectivity index (χ4v) is 6.18. The normalized spacial score (nSPS) is 20.8. The standard InChI is InChI=1S/C24H28F4N2O2S/c1-29-12-18-9-17-11-23(25)19(13-30-33(31,32)14-15-5-6-15)10-22(17)21(18)8-16-3-2-4-20(7-16)24(26,27)28/h2-4,7,10-11,15,18,21,29-30H,5-6,8-9,12-14H2,1H3. The van der Waals surface area contributed by atoms with Crippen LogP contribution in [0.25, 0.3) is 0 Å². The van der Waals surface area contributed by atoms with Crippen molar-refractivity contribution in [1.82, 2.24) is 10.0 Å². The highest BCUT2D eigenvalue weighted by molar-refractivity contribution is 7.89. The van der Waals surface area contributed by atoms with Crippen LogP contribution in [0.15, 0.2) is 36.4 Å². The van der Waals surface area contributed by atoms with Gasteiger partial charge in [-0.05, 0) is 85.9 Å². The smallest absolute Gasteiger partial charge is 0.319 e. The first kappa shape index (κ1) is 24.2. The first-order valence-corrected chi connectivity index (χ1v) is 12.8. The number of nitrogens with one attached hydrogen (secondary N) is 2. The van der Waals surface area contributed by atoms with E-state index in [2.05, 4.69) is 10.0 Å². The van der Waals surface area contributed by atoms with E-state index in [1.165, 1.54) is 18.2 Å². The van der Waals surface area contributed by atoms with Crippen molar-refractivity contribution in [3.63, 3.8) is 0 Å². The molecule has 0 aromatic heterocycles. The maximum atomic E-state index is 14.8. The average molecular weight is 485 g/mol. The summed E-state index contributed by atoms with van der Waals surface area (Å²) in [7, 11) is -1.67. The molecule has 2 N–H and O–H groups in total. The van der Waals surface area contributed by atoms with E-state index < -0.39 is 27.6 Å². The van der Waals surface area contributed by atoms with Gasteiger partial charge in [0.25, 0.3) is 0 Å². The summed E-state index contributed by atoms with van der Waals surface area (Å²) in [4.78, 5) is 0. The Morgan fingerprint density at radius 1 is 1.12 bits per heavy atom. The number of sulfonamides is 1. The molecule has 2 aliphatic rings. The largest absolute Gasteiger partial charge is 0.416 e. The molecular formula is C24H28F4N2O2S. The minimum Gasteiger partial charge on any atom is -0.319 e. The van der Waals surface area contributed by atoms with E-state index in [1.807, 2.05) is 7.05 Å². The Morgan fingerprint density at radius 2 is 1.88 bits per heavy atom. The third kappa shape index (κ3) is 5.94. The van der Waals surface area contributed by atoms with Crippen LogP contribution in [0.3, 0.4) is 0 Å². The zero-order chi connectivity index (χ0) is 23.8. The SMILES string of the molecule is CNCC1Cc2cc(F)c(CNS(=O)(=O)CC3CC3)cc2C1Cc1cccc(C(F)(F)F)c1. The Morgan fingerprint density at radius 3 is 2.55 bits per heavy atom. The summed E-state index contributed by atoms with van der Waals surface area (Å²) in [6.07, 6.45) is -1.61. The fraction of sp³-hybridized carbons (Fsp3) is 0.500. The second kappa shape index (κ2) is 9.35. The lowest BCUT2D eigenvalue weighted by atomic mass is 9.86. The topological polar surface area (TPSA) is 58.2 Å². The van der Waals surface area contributed by atoms with Gasteiger partial charge in [-0.3, -0.25) is 0 Å². The van der Waals surface area contributed by atoms with Crippen molar-refractivity contribution < 1.29 is 26.0 Å². The molecule has 0 heterocycles. The molecule has 1 fully saturated rings. The van der Waals surface area contributed by atoms with Gasteiger partial charge in [0.15, 0.2) is 0 Å². The molecular weight excluding hydrogens is 456 g/mol. The van der Waals surface area contributed by atoms with Crippen LogP contribution in [0.2, 0.25) is 0 Å². The molecule has 4 nitrogen and oxygen atoms in total. The number of alkyl halides is 3. The lowest BCUT2D eigenvalue weighted by molar-refractivity contribution is -0.137. The zero-order valence-electron chi connectivity index (χ0n) is 18.4. The van der Waals surface area contributed by atoms with E-state index in [9.17, 15) is 26.0 Å². The molecule has 2 unspecified atom stereocenters. The zero-order valence-corrected chi connectivity index (χ0v) is 19.2. The summed E-state index contributed by atoms with van der Waals surface area (Å²) in [5.41, 5.74) is 1.85. The maximum Gasteiger partial charge on any atom is 0.416 e. The van der Waals surface area contributed by atoms with Crippen LogP contribution in [-0.4, -0.2) is 27.8 Å². The molecule has 0 amide bonds. The van der Waals surface area contributed by atoms with E-state index in [4.69, 9.17) is 0 Å². The Kier molecular flexibility index (Phi) is 6.85. The molecule has 0 radical (unpaired) electrons. The van der Waals surface area contributed by atoms with Crippen molar-refractivity contribution >= 4 is 10.0 Å². The van der Waals surface area contributed by atoms with Gasteiger partial charge in [-0.1, -0.05) is 24.3 Å². The van der Waals surface area contributed by atoms with Crippen LogP contribution in [0.4, 0.5) is 17.6 Å². The van der Waals surface area contributed by atoms with Crippen molar-refractivity contribution in [3.05, 3.63) is 70.0 Å². The lowest BCUT2D eigenvalue weighted by Crippen LogP contribution is -2.27. The molecule has 0 saturated heterocycles. The van der Waals surface area contributed by atoms with Crippen LogP contribution in [0, 0.1) is 17.7 Å². The molecule has 2 atom stereocenters. The van der Waals surface area contributed by atoms with Crippen LogP contribution in [0.5, 0.6) is 0 Å². The quantitative estimate of drug-likeness (QED) is 0.519. The Balaban J connectivity index is 1.58. The van der Waals surface area contributed by atoms with Gasteiger partial charge in [-0.2, -0.15) is 13.2 Å². The molecule has 2 aromatic carbocycles. The number of hydrogen-bond donors (Lipinski definition) is 2. The molecule has 4 rings (SSSR count). The molecule has 180 valence electrons. The fourth-order valence-electron chi connectivity index (χ4n) is 4.74. The molecule has 0 spiro atoms. The summed E-state index contributed by atoms with van der Waals surface area (Å²) in [5.74, 6) is -0.224. The van der Waals surface area contributed by atoms with E-state index in [0.717, 1.165) is 30.0 Å². The van der Waals surface area contributed by atoms with Gasteiger partial charge in [-0.25, -0.2) is 17.5 Å². The molecule has 33 heavy (non-hydrogen) atoms. The molecule has 0 aliphatic heterocycles. The minimum absolute atomic E-state index is 0.0575. The van der Waals surface area contributed by atoms with Gasteiger partial charge >= 0.3 is 6.18 Å². The minimum atomic E-state index is -4.41. The van der Waals surface area contributed by atoms with Gasteiger partial charge in [0, 0.05) is 12.1 Å².